The Morgan fingerprint density at radius 1 is 1.10 bits per heavy atom. The predicted molar refractivity (Wildman–Crippen MR) is 109 cm³/mol. The second-order valence-electron chi connectivity index (χ2n) is 6.79. The molecule has 3 amide bonds. The van der Waals surface area contributed by atoms with E-state index in [1.165, 1.54) is 12.3 Å². The Kier molecular flexibility index (Phi) is 5.71. The van der Waals surface area contributed by atoms with Crippen LogP contribution < -0.4 is 4.74 Å². The van der Waals surface area contributed by atoms with E-state index >= 15 is 0 Å². The molecule has 0 atom stereocenters. The van der Waals surface area contributed by atoms with E-state index in [2.05, 4.69) is 0 Å². The third-order valence-electron chi connectivity index (χ3n) is 4.74. The minimum Gasteiger partial charge on any atom is -0.457 e. The van der Waals surface area contributed by atoms with Gasteiger partial charge in [0.05, 0.1) is 11.2 Å². The molecule has 2 aromatic rings. The van der Waals surface area contributed by atoms with Crippen molar-refractivity contribution in [2.75, 3.05) is 19.6 Å². The molecular formula is C21H18N2O6S. The molecule has 1 aromatic carbocycles. The summed E-state index contributed by atoms with van der Waals surface area (Å²) in [5, 5.41) is -0.456. The number of likely N-dealkylation sites (tertiary alicyclic amines) is 1. The lowest BCUT2D eigenvalue weighted by atomic mass is 10.2. The zero-order chi connectivity index (χ0) is 21.1. The zero-order valence-corrected chi connectivity index (χ0v) is 16.7. The highest BCUT2D eigenvalue weighted by molar-refractivity contribution is 8.18. The molecule has 2 fully saturated rings. The van der Waals surface area contributed by atoms with Gasteiger partial charge in [0, 0.05) is 13.1 Å². The fraction of sp³-hybridized carbons (Fsp3) is 0.238. The monoisotopic (exact) mass is 426 g/mol. The number of furan rings is 1. The molecule has 0 bridgehead atoms. The number of esters is 1. The molecule has 2 aliphatic heterocycles. The van der Waals surface area contributed by atoms with Gasteiger partial charge >= 0.3 is 5.97 Å². The number of benzene rings is 1. The summed E-state index contributed by atoms with van der Waals surface area (Å²) in [5.41, 5.74) is 0.657. The highest BCUT2D eigenvalue weighted by Crippen LogP contribution is 2.32. The van der Waals surface area contributed by atoms with E-state index in [0.717, 1.165) is 29.5 Å². The van der Waals surface area contributed by atoms with Gasteiger partial charge in [-0.1, -0.05) is 12.1 Å². The van der Waals surface area contributed by atoms with Crippen molar-refractivity contribution >= 4 is 40.9 Å². The first kappa shape index (κ1) is 20.0. The summed E-state index contributed by atoms with van der Waals surface area (Å²) in [6, 6.07) is 9.57. The minimum absolute atomic E-state index is 0.0937. The summed E-state index contributed by atoms with van der Waals surface area (Å²) < 4.78 is 10.2. The topological polar surface area (TPSA) is 97.1 Å². The van der Waals surface area contributed by atoms with Gasteiger partial charge in [-0.15, -0.1) is 0 Å². The van der Waals surface area contributed by atoms with E-state index in [1.807, 2.05) is 0 Å². The molecule has 8 nitrogen and oxygen atoms in total. The smallest absolute Gasteiger partial charge is 0.379 e. The summed E-state index contributed by atoms with van der Waals surface area (Å²) in [6.07, 6.45) is 4.84. The molecule has 2 saturated heterocycles. The molecule has 4 rings (SSSR count). The largest absolute Gasteiger partial charge is 0.457 e. The zero-order valence-electron chi connectivity index (χ0n) is 15.9. The summed E-state index contributed by atoms with van der Waals surface area (Å²) >= 11 is 0.804. The summed E-state index contributed by atoms with van der Waals surface area (Å²) in [5.74, 6) is -0.893. The first-order valence-corrected chi connectivity index (χ1v) is 10.2. The third kappa shape index (κ3) is 4.30. The van der Waals surface area contributed by atoms with Gasteiger partial charge in [-0.2, -0.15) is 0 Å². The maximum atomic E-state index is 12.6. The maximum absolute atomic E-state index is 12.6. The second kappa shape index (κ2) is 8.58. The number of thioether (sulfide) groups is 1. The van der Waals surface area contributed by atoms with Crippen molar-refractivity contribution < 1.29 is 28.3 Å². The van der Waals surface area contributed by atoms with Crippen LogP contribution in [0.2, 0.25) is 0 Å². The van der Waals surface area contributed by atoms with Crippen molar-refractivity contribution in [3.63, 3.8) is 0 Å². The van der Waals surface area contributed by atoms with Gasteiger partial charge in [0.1, 0.15) is 12.3 Å². The van der Waals surface area contributed by atoms with Gasteiger partial charge in [-0.05, 0) is 60.5 Å². The molecule has 0 spiro atoms. The molecule has 2 aliphatic rings. The standard InChI is InChI=1S/C21H18N2O6S/c24-18(22-9-1-2-10-22)13-23-19(25)17(30-21(23)27)12-14-5-7-15(8-6-14)29-20(26)16-4-3-11-28-16/h3-8,11-12H,1-2,9-10,13H2/b17-12-. The Morgan fingerprint density at radius 2 is 1.83 bits per heavy atom. The van der Waals surface area contributed by atoms with E-state index in [9.17, 15) is 19.2 Å². The predicted octanol–water partition coefficient (Wildman–Crippen LogP) is 3.16. The quantitative estimate of drug-likeness (QED) is 0.412. The maximum Gasteiger partial charge on any atom is 0.379 e. The molecule has 0 radical (unpaired) electrons. The molecule has 9 heteroatoms. The van der Waals surface area contributed by atoms with E-state index in [4.69, 9.17) is 9.15 Å². The van der Waals surface area contributed by atoms with Gasteiger partial charge in [-0.25, -0.2) is 4.79 Å². The van der Waals surface area contributed by atoms with Crippen LogP contribution in [0.25, 0.3) is 6.08 Å². The lowest BCUT2D eigenvalue weighted by Gasteiger charge is -2.18. The number of hydrogen-bond acceptors (Lipinski definition) is 7. The van der Waals surface area contributed by atoms with Gasteiger partial charge < -0.3 is 14.1 Å². The molecule has 0 saturated carbocycles. The third-order valence-corrected chi connectivity index (χ3v) is 5.64. The van der Waals surface area contributed by atoms with Crippen molar-refractivity contribution in [1.82, 2.24) is 9.80 Å². The number of imide groups is 1. The molecule has 1 aromatic heterocycles. The Hall–Kier alpha value is -3.33. The highest BCUT2D eigenvalue weighted by Gasteiger charge is 2.37. The number of ether oxygens (including phenoxy) is 1. The number of carbonyl (C=O) groups is 4. The van der Waals surface area contributed by atoms with E-state index in [0.29, 0.717) is 24.4 Å². The fourth-order valence-corrected chi connectivity index (χ4v) is 4.01. The molecule has 30 heavy (non-hydrogen) atoms. The summed E-state index contributed by atoms with van der Waals surface area (Å²) in [4.78, 5) is 51.9. The number of hydrogen-bond donors (Lipinski definition) is 0. The van der Waals surface area contributed by atoms with Gasteiger partial charge in [0.2, 0.25) is 11.7 Å². The minimum atomic E-state index is -0.614. The van der Waals surface area contributed by atoms with Crippen LogP contribution in [0.15, 0.2) is 52.0 Å². The molecule has 0 aliphatic carbocycles. The van der Waals surface area contributed by atoms with E-state index in [-0.39, 0.29) is 23.1 Å². The first-order chi connectivity index (χ1) is 14.5. The first-order valence-electron chi connectivity index (χ1n) is 9.40. The van der Waals surface area contributed by atoms with Crippen LogP contribution in [0.1, 0.15) is 29.0 Å². The lowest BCUT2D eigenvalue weighted by Crippen LogP contribution is -2.40. The Bertz CT molecular complexity index is 1010. The average molecular weight is 426 g/mol. The molecule has 0 unspecified atom stereocenters. The Labute approximate surface area is 176 Å². The molecular weight excluding hydrogens is 408 g/mol. The van der Waals surface area contributed by atoms with Crippen LogP contribution >= 0.6 is 11.8 Å². The SMILES string of the molecule is O=C(Oc1ccc(/C=C2\SC(=O)N(CC(=O)N3CCCC3)C2=O)cc1)c1ccco1. The van der Waals surface area contributed by atoms with Crippen LogP contribution in [0.3, 0.4) is 0 Å². The number of carbonyl (C=O) groups excluding carboxylic acids is 4. The van der Waals surface area contributed by atoms with Crippen molar-refractivity contribution in [2.45, 2.75) is 12.8 Å². The van der Waals surface area contributed by atoms with Crippen LogP contribution in [0, 0.1) is 0 Å². The number of rotatable bonds is 5. The molecule has 154 valence electrons. The van der Waals surface area contributed by atoms with Crippen molar-refractivity contribution in [2.24, 2.45) is 0 Å². The molecule has 3 heterocycles. The van der Waals surface area contributed by atoms with Crippen LogP contribution in [-0.2, 0) is 9.59 Å². The highest BCUT2D eigenvalue weighted by atomic mass is 32.2. The van der Waals surface area contributed by atoms with E-state index < -0.39 is 17.1 Å². The Balaban J connectivity index is 1.40. The number of nitrogens with zero attached hydrogens (tertiary/aromatic N) is 2. The lowest BCUT2D eigenvalue weighted by molar-refractivity contribution is -0.135. The average Bonchev–Trinajstić information content (AvgIpc) is 3.49. The van der Waals surface area contributed by atoms with Crippen LogP contribution in [-0.4, -0.2) is 52.5 Å². The van der Waals surface area contributed by atoms with Crippen molar-refractivity contribution in [3.05, 3.63) is 58.9 Å². The second-order valence-corrected chi connectivity index (χ2v) is 7.78. The van der Waals surface area contributed by atoms with Gasteiger partial charge in [-0.3, -0.25) is 19.3 Å². The summed E-state index contributed by atoms with van der Waals surface area (Å²) in [7, 11) is 0. The normalized spacial score (nSPS) is 17.8. The van der Waals surface area contributed by atoms with Crippen LogP contribution in [0.4, 0.5) is 4.79 Å². The van der Waals surface area contributed by atoms with Gasteiger partial charge in [0.25, 0.3) is 11.1 Å². The molecule has 0 N–H and O–H groups in total. The van der Waals surface area contributed by atoms with Crippen molar-refractivity contribution in [3.8, 4) is 5.75 Å². The van der Waals surface area contributed by atoms with E-state index in [1.54, 1.807) is 41.3 Å². The van der Waals surface area contributed by atoms with Gasteiger partial charge in [0.15, 0.2) is 0 Å². The summed E-state index contributed by atoms with van der Waals surface area (Å²) in [6.45, 7) is 1.10. The fourth-order valence-electron chi connectivity index (χ4n) is 3.17. The van der Waals surface area contributed by atoms with Crippen molar-refractivity contribution in [1.29, 1.82) is 0 Å². The Morgan fingerprint density at radius 3 is 2.50 bits per heavy atom. The number of amides is 3. The van der Waals surface area contributed by atoms with Crippen LogP contribution in [0.5, 0.6) is 5.75 Å².